The number of nitrogens with zero attached hydrogens (tertiary/aromatic N) is 2. The number of thiazole rings is 1. The minimum Gasteiger partial charge on any atom is -0.307 e. The highest BCUT2D eigenvalue weighted by molar-refractivity contribution is 7.98. The lowest BCUT2D eigenvalue weighted by molar-refractivity contribution is 0.0923. The van der Waals surface area contributed by atoms with E-state index in [1.54, 1.807) is 30.2 Å². The van der Waals surface area contributed by atoms with Crippen LogP contribution in [0.15, 0.2) is 53.0 Å². The maximum absolute atomic E-state index is 13.0. The lowest BCUT2D eigenvalue weighted by Crippen LogP contribution is -2.22. The van der Waals surface area contributed by atoms with Crippen LogP contribution >= 0.6 is 23.1 Å². The first-order valence-corrected chi connectivity index (χ1v) is 12.1. The average molecular weight is 453 g/mol. The van der Waals surface area contributed by atoms with Gasteiger partial charge in [-0.25, -0.2) is 9.78 Å². The molecule has 1 aromatic carbocycles. The number of aryl methyl sites for hydroxylation is 1. The molecular weight excluding hydrogens is 428 g/mol. The summed E-state index contributed by atoms with van der Waals surface area (Å²) in [6.45, 7) is 1.95. The topological polar surface area (TPSA) is 84.0 Å². The first kappa shape index (κ1) is 21.5. The van der Waals surface area contributed by atoms with Crippen LogP contribution in [0.1, 0.15) is 47.3 Å². The van der Waals surface area contributed by atoms with Crippen molar-refractivity contribution in [3.05, 3.63) is 64.9 Å². The van der Waals surface area contributed by atoms with Gasteiger partial charge in [0.2, 0.25) is 0 Å². The Labute approximate surface area is 189 Å². The number of rotatable bonds is 7. The fraction of sp³-hybridized carbons (Fsp3) is 0.304. The molecule has 0 spiro atoms. The highest BCUT2D eigenvalue weighted by atomic mass is 32.2. The van der Waals surface area contributed by atoms with Gasteiger partial charge in [0.1, 0.15) is 0 Å². The van der Waals surface area contributed by atoms with Crippen LogP contribution in [0.5, 0.6) is 0 Å². The Hall–Kier alpha value is -2.71. The zero-order chi connectivity index (χ0) is 21.6. The van der Waals surface area contributed by atoms with E-state index in [2.05, 4.69) is 20.6 Å². The fourth-order valence-corrected chi connectivity index (χ4v) is 5.24. The second-order valence-electron chi connectivity index (χ2n) is 7.59. The van der Waals surface area contributed by atoms with Gasteiger partial charge in [0, 0.05) is 39.9 Å². The number of amides is 2. The second-order valence-corrected chi connectivity index (χ2v) is 9.50. The zero-order valence-corrected chi connectivity index (χ0v) is 18.9. The van der Waals surface area contributed by atoms with Gasteiger partial charge in [0.05, 0.1) is 11.4 Å². The number of nitrogens with one attached hydrogen (secondary N) is 2. The normalized spacial score (nSPS) is 13.8. The molecule has 2 aromatic heterocycles. The maximum Gasteiger partial charge on any atom is 0.325 e. The van der Waals surface area contributed by atoms with Gasteiger partial charge in [0.15, 0.2) is 10.9 Å². The smallest absolute Gasteiger partial charge is 0.307 e. The third-order valence-electron chi connectivity index (χ3n) is 5.22. The Morgan fingerprint density at radius 3 is 2.68 bits per heavy atom. The zero-order valence-electron chi connectivity index (χ0n) is 17.3. The molecule has 3 aromatic rings. The van der Waals surface area contributed by atoms with Crippen LogP contribution < -0.4 is 10.6 Å². The molecule has 2 N–H and O–H groups in total. The highest BCUT2D eigenvalue weighted by Crippen LogP contribution is 2.31. The molecule has 0 aliphatic heterocycles. The summed E-state index contributed by atoms with van der Waals surface area (Å²) in [5.41, 5.74) is 3.04. The summed E-state index contributed by atoms with van der Waals surface area (Å²) in [7, 11) is 0. The van der Waals surface area contributed by atoms with Crippen LogP contribution in [0.2, 0.25) is 0 Å². The molecular formula is C23H24N4O2S2. The van der Waals surface area contributed by atoms with Crippen molar-refractivity contribution < 1.29 is 9.59 Å². The largest absolute Gasteiger partial charge is 0.325 e. The van der Waals surface area contributed by atoms with E-state index in [1.807, 2.05) is 36.6 Å². The number of anilines is 2. The van der Waals surface area contributed by atoms with Crippen molar-refractivity contribution >= 4 is 45.7 Å². The third kappa shape index (κ3) is 5.71. The first-order chi connectivity index (χ1) is 15.1. The molecule has 0 atom stereocenters. The van der Waals surface area contributed by atoms with E-state index in [-0.39, 0.29) is 11.7 Å². The Morgan fingerprint density at radius 2 is 1.90 bits per heavy atom. The number of hydrogen-bond acceptors (Lipinski definition) is 6. The molecule has 1 saturated carbocycles. The summed E-state index contributed by atoms with van der Waals surface area (Å²) in [6, 6.07) is 9.08. The van der Waals surface area contributed by atoms with Crippen LogP contribution in [-0.4, -0.2) is 21.8 Å². The van der Waals surface area contributed by atoms with Crippen molar-refractivity contribution in [2.24, 2.45) is 5.92 Å². The van der Waals surface area contributed by atoms with Crippen LogP contribution in [0, 0.1) is 12.8 Å². The number of ketones is 1. The molecule has 160 valence electrons. The number of carbonyl (C=O) groups excluding carboxylic acids is 2. The number of Topliss-reactive ketones (excluding diaryl/α,β-unsaturated/α-hetero) is 1. The summed E-state index contributed by atoms with van der Waals surface area (Å²) in [4.78, 5) is 35.2. The average Bonchev–Trinajstić information content (AvgIpc) is 3.46. The van der Waals surface area contributed by atoms with Gasteiger partial charge in [-0.15, -0.1) is 23.1 Å². The quantitative estimate of drug-likeness (QED) is 0.331. The molecule has 2 amide bonds. The monoisotopic (exact) mass is 452 g/mol. The molecule has 0 unspecified atom stereocenters. The van der Waals surface area contributed by atoms with Crippen molar-refractivity contribution in [1.82, 2.24) is 9.97 Å². The summed E-state index contributed by atoms with van der Waals surface area (Å²) in [6.07, 6.45) is 7.57. The molecule has 2 heterocycles. The van der Waals surface area contributed by atoms with Gasteiger partial charge >= 0.3 is 6.03 Å². The van der Waals surface area contributed by atoms with Gasteiger partial charge in [-0.1, -0.05) is 24.5 Å². The first-order valence-electron chi connectivity index (χ1n) is 10.3. The molecule has 1 aliphatic rings. The number of pyridine rings is 1. The molecule has 0 saturated heterocycles. The van der Waals surface area contributed by atoms with E-state index in [1.165, 1.54) is 11.3 Å². The summed E-state index contributed by atoms with van der Waals surface area (Å²) >= 11 is 3.05. The van der Waals surface area contributed by atoms with E-state index in [9.17, 15) is 9.59 Å². The van der Waals surface area contributed by atoms with Crippen LogP contribution in [0.4, 0.5) is 15.6 Å². The molecule has 1 fully saturated rings. The number of aromatic nitrogens is 2. The minimum absolute atomic E-state index is 0.0600. The summed E-state index contributed by atoms with van der Waals surface area (Å²) in [5.74, 6) is 0.896. The Kier molecular flexibility index (Phi) is 6.99. The number of urea groups is 1. The SMILES string of the molecule is Cc1ccc(NC(=O)Nc2nc(CSc3ccncc3)cs2)c(C(=O)C2CCCC2)c1. The molecule has 6 nitrogen and oxygen atoms in total. The minimum atomic E-state index is -0.396. The summed E-state index contributed by atoms with van der Waals surface area (Å²) < 4.78 is 0. The Morgan fingerprint density at radius 1 is 1.13 bits per heavy atom. The Balaban J connectivity index is 1.38. The molecule has 4 rings (SSSR count). The number of thioether (sulfide) groups is 1. The van der Waals surface area contributed by atoms with Gasteiger partial charge in [0.25, 0.3) is 0 Å². The summed E-state index contributed by atoms with van der Waals surface area (Å²) in [5, 5.41) is 8.09. The highest BCUT2D eigenvalue weighted by Gasteiger charge is 2.26. The van der Waals surface area contributed by atoms with Gasteiger partial charge < -0.3 is 5.32 Å². The van der Waals surface area contributed by atoms with Crippen LogP contribution in [-0.2, 0) is 5.75 Å². The lowest BCUT2D eigenvalue weighted by Gasteiger charge is -2.14. The predicted octanol–water partition coefficient (Wildman–Crippen LogP) is 6.16. The third-order valence-corrected chi connectivity index (χ3v) is 7.08. The fourth-order valence-electron chi connectivity index (χ4n) is 3.65. The van der Waals surface area contributed by atoms with Crippen molar-refractivity contribution in [2.45, 2.75) is 43.3 Å². The van der Waals surface area contributed by atoms with Crippen molar-refractivity contribution in [2.75, 3.05) is 10.6 Å². The molecule has 0 bridgehead atoms. The maximum atomic E-state index is 13.0. The predicted molar refractivity (Wildman–Crippen MR) is 126 cm³/mol. The number of hydrogen-bond donors (Lipinski definition) is 2. The van der Waals surface area contributed by atoms with Crippen molar-refractivity contribution in [1.29, 1.82) is 0 Å². The van der Waals surface area contributed by atoms with E-state index >= 15 is 0 Å². The van der Waals surface area contributed by atoms with E-state index < -0.39 is 6.03 Å². The lowest BCUT2D eigenvalue weighted by atomic mass is 9.94. The van der Waals surface area contributed by atoms with E-state index in [0.717, 1.165) is 41.8 Å². The standard InChI is InChI=1S/C23H24N4O2S2/c1-15-6-7-20(19(12-15)21(28)16-4-2-3-5-16)26-22(29)27-23-25-17(14-31-23)13-30-18-8-10-24-11-9-18/h6-12,14,16H,2-5,13H2,1H3,(H2,25,26,27,29). The van der Waals surface area contributed by atoms with E-state index in [0.29, 0.717) is 22.1 Å². The Bertz CT molecular complexity index is 1060. The molecule has 0 radical (unpaired) electrons. The van der Waals surface area contributed by atoms with Gasteiger partial charge in [-0.3, -0.25) is 15.1 Å². The van der Waals surface area contributed by atoms with Crippen molar-refractivity contribution in [3.63, 3.8) is 0 Å². The van der Waals surface area contributed by atoms with Gasteiger partial charge in [-0.2, -0.15) is 0 Å². The van der Waals surface area contributed by atoms with Crippen molar-refractivity contribution in [3.8, 4) is 0 Å². The van der Waals surface area contributed by atoms with E-state index in [4.69, 9.17) is 0 Å². The number of benzene rings is 1. The van der Waals surface area contributed by atoms with Crippen LogP contribution in [0.3, 0.4) is 0 Å². The molecule has 31 heavy (non-hydrogen) atoms. The van der Waals surface area contributed by atoms with Crippen LogP contribution in [0.25, 0.3) is 0 Å². The second kappa shape index (κ2) is 10.1. The molecule has 1 aliphatic carbocycles. The van der Waals surface area contributed by atoms with Gasteiger partial charge in [-0.05, 0) is 44.0 Å². The number of carbonyl (C=O) groups is 2. The molecule has 8 heteroatoms.